The number of rotatable bonds is 8. The molecule has 1 atom stereocenters. The molecule has 2 aromatic rings. The molecule has 1 heterocycles. The van der Waals surface area contributed by atoms with Gasteiger partial charge in [0, 0.05) is 5.56 Å². The third-order valence-electron chi connectivity index (χ3n) is 3.73. The van der Waals surface area contributed by atoms with Crippen LogP contribution in [0, 0.1) is 5.92 Å². The number of carbonyl (C=O) groups excluding carboxylic acids is 3. The summed E-state index contributed by atoms with van der Waals surface area (Å²) in [6, 6.07) is 10.1. The Balaban J connectivity index is 1.90. The molecule has 1 aromatic carbocycles. The number of esters is 2. The van der Waals surface area contributed by atoms with Gasteiger partial charge in [0.2, 0.25) is 0 Å². The van der Waals surface area contributed by atoms with Crippen LogP contribution in [-0.4, -0.2) is 47.8 Å². The number of methoxy groups -OCH3 is 1. The van der Waals surface area contributed by atoms with Gasteiger partial charge in [-0.3, -0.25) is 9.89 Å². The molecule has 2 rings (SSSR count). The summed E-state index contributed by atoms with van der Waals surface area (Å²) >= 11 is 0. The van der Waals surface area contributed by atoms with Gasteiger partial charge in [0.25, 0.3) is 5.91 Å². The molecule has 144 valence electrons. The van der Waals surface area contributed by atoms with Gasteiger partial charge in [-0.05, 0) is 18.4 Å². The summed E-state index contributed by atoms with van der Waals surface area (Å²) in [5.74, 6) is -1.65. The topological polar surface area (TPSA) is 110 Å². The summed E-state index contributed by atoms with van der Waals surface area (Å²) < 4.78 is 9.66. The van der Waals surface area contributed by atoms with Crippen LogP contribution >= 0.6 is 0 Å². The molecule has 0 saturated carbocycles. The molecule has 0 radical (unpaired) electrons. The Bertz CT molecular complexity index is 786. The lowest BCUT2D eigenvalue weighted by molar-refractivity contribution is -0.145. The highest BCUT2D eigenvalue weighted by Crippen LogP contribution is 2.17. The quantitative estimate of drug-likeness (QED) is 0.684. The molecule has 0 aliphatic rings. The normalized spacial score (nSPS) is 11.7. The van der Waals surface area contributed by atoms with Gasteiger partial charge in [-0.2, -0.15) is 5.10 Å². The first-order valence-electron chi connectivity index (χ1n) is 8.55. The van der Waals surface area contributed by atoms with Crippen molar-refractivity contribution < 1.29 is 23.9 Å². The Morgan fingerprint density at radius 1 is 1.19 bits per heavy atom. The van der Waals surface area contributed by atoms with Crippen LogP contribution in [0.3, 0.4) is 0 Å². The summed E-state index contributed by atoms with van der Waals surface area (Å²) in [6.07, 6.45) is 0.424. The van der Waals surface area contributed by atoms with Crippen LogP contribution in [0.5, 0.6) is 0 Å². The minimum Gasteiger partial charge on any atom is -0.467 e. The molecular formula is C19H23N3O5. The van der Waals surface area contributed by atoms with Gasteiger partial charge in [-0.25, -0.2) is 9.59 Å². The van der Waals surface area contributed by atoms with Gasteiger partial charge < -0.3 is 14.8 Å². The maximum Gasteiger partial charge on any atom is 0.356 e. The Hall–Kier alpha value is -3.16. The fourth-order valence-electron chi connectivity index (χ4n) is 2.46. The highest BCUT2D eigenvalue weighted by Gasteiger charge is 2.23. The van der Waals surface area contributed by atoms with E-state index in [1.54, 1.807) is 6.07 Å². The smallest absolute Gasteiger partial charge is 0.356 e. The zero-order chi connectivity index (χ0) is 19.8. The van der Waals surface area contributed by atoms with Crippen molar-refractivity contribution in [2.24, 2.45) is 5.92 Å². The first-order chi connectivity index (χ1) is 12.9. The van der Waals surface area contributed by atoms with Crippen molar-refractivity contribution >= 4 is 17.8 Å². The highest BCUT2D eigenvalue weighted by atomic mass is 16.5. The van der Waals surface area contributed by atoms with Gasteiger partial charge in [0.1, 0.15) is 11.7 Å². The fraction of sp³-hybridized carbons (Fsp3) is 0.368. The van der Waals surface area contributed by atoms with Crippen LogP contribution in [0.25, 0.3) is 11.3 Å². The number of aromatic amines is 1. The molecule has 0 bridgehead atoms. The molecule has 1 amide bonds. The van der Waals surface area contributed by atoms with Crippen LogP contribution < -0.4 is 5.32 Å². The lowest BCUT2D eigenvalue weighted by Crippen LogP contribution is -2.44. The number of aromatic nitrogens is 2. The first kappa shape index (κ1) is 20.2. The number of hydrogen-bond acceptors (Lipinski definition) is 6. The molecule has 0 aliphatic heterocycles. The predicted molar refractivity (Wildman–Crippen MR) is 97.7 cm³/mol. The Morgan fingerprint density at radius 3 is 2.52 bits per heavy atom. The Kier molecular flexibility index (Phi) is 7.10. The second kappa shape index (κ2) is 9.51. The third kappa shape index (κ3) is 5.95. The van der Waals surface area contributed by atoms with E-state index in [0.717, 1.165) is 5.56 Å². The first-order valence-corrected chi connectivity index (χ1v) is 8.55. The number of amides is 1. The van der Waals surface area contributed by atoms with Crippen molar-refractivity contribution in [1.82, 2.24) is 15.5 Å². The van der Waals surface area contributed by atoms with Crippen LogP contribution in [0.1, 0.15) is 30.8 Å². The van der Waals surface area contributed by atoms with E-state index in [1.807, 2.05) is 44.2 Å². The lowest BCUT2D eigenvalue weighted by Gasteiger charge is -2.18. The van der Waals surface area contributed by atoms with Gasteiger partial charge in [0.15, 0.2) is 6.61 Å². The van der Waals surface area contributed by atoms with Gasteiger partial charge in [0.05, 0.1) is 12.8 Å². The average molecular weight is 373 g/mol. The Morgan fingerprint density at radius 2 is 1.89 bits per heavy atom. The maximum atomic E-state index is 12.1. The van der Waals surface area contributed by atoms with Crippen LogP contribution in [-0.2, 0) is 19.1 Å². The molecule has 2 N–H and O–H groups in total. The van der Waals surface area contributed by atoms with Crippen molar-refractivity contribution in [2.45, 2.75) is 26.3 Å². The highest BCUT2D eigenvalue weighted by molar-refractivity contribution is 5.91. The molecule has 0 unspecified atom stereocenters. The summed E-state index contributed by atoms with van der Waals surface area (Å²) in [5, 5.41) is 9.17. The lowest BCUT2D eigenvalue weighted by atomic mass is 10.0. The summed E-state index contributed by atoms with van der Waals surface area (Å²) in [6.45, 7) is 3.33. The molecule has 0 spiro atoms. The molecule has 8 heteroatoms. The van der Waals surface area contributed by atoms with Crippen LogP contribution in [0.15, 0.2) is 36.4 Å². The Labute approximate surface area is 157 Å². The molecular weight excluding hydrogens is 350 g/mol. The van der Waals surface area contributed by atoms with E-state index in [4.69, 9.17) is 4.74 Å². The summed E-state index contributed by atoms with van der Waals surface area (Å²) in [7, 11) is 1.25. The van der Waals surface area contributed by atoms with E-state index in [-0.39, 0.29) is 11.6 Å². The molecule has 8 nitrogen and oxygen atoms in total. The standard InChI is InChI=1S/C19H23N3O5/c1-12(2)9-15(18(24)26-3)20-17(23)11-27-19(25)16-10-14(21-22-16)13-7-5-4-6-8-13/h4-8,10,12,15H,9,11H2,1-3H3,(H,20,23)(H,21,22)/t15-/m0/s1. The van der Waals surface area contributed by atoms with Crippen LogP contribution in [0.4, 0.5) is 0 Å². The van der Waals surface area contributed by atoms with E-state index >= 15 is 0 Å². The number of nitrogens with zero attached hydrogens (tertiary/aromatic N) is 1. The number of ether oxygens (including phenoxy) is 2. The molecule has 0 aliphatic carbocycles. The van der Waals surface area contributed by atoms with Crippen molar-refractivity contribution in [2.75, 3.05) is 13.7 Å². The molecule has 0 saturated heterocycles. The predicted octanol–water partition coefficient (Wildman–Crippen LogP) is 1.94. The van der Waals surface area contributed by atoms with Gasteiger partial charge in [-0.15, -0.1) is 0 Å². The minimum atomic E-state index is -0.780. The zero-order valence-electron chi connectivity index (χ0n) is 15.5. The summed E-state index contributed by atoms with van der Waals surface area (Å²) in [4.78, 5) is 35.8. The van der Waals surface area contributed by atoms with Crippen LogP contribution in [0.2, 0.25) is 0 Å². The van der Waals surface area contributed by atoms with Crippen molar-refractivity contribution in [3.63, 3.8) is 0 Å². The summed E-state index contributed by atoms with van der Waals surface area (Å²) in [5.41, 5.74) is 1.57. The van der Waals surface area contributed by atoms with E-state index in [1.165, 1.54) is 7.11 Å². The largest absolute Gasteiger partial charge is 0.467 e. The molecule has 0 fully saturated rings. The van der Waals surface area contributed by atoms with E-state index < -0.39 is 30.5 Å². The minimum absolute atomic E-state index is 0.133. The molecule has 27 heavy (non-hydrogen) atoms. The zero-order valence-corrected chi connectivity index (χ0v) is 15.5. The monoisotopic (exact) mass is 373 g/mol. The van der Waals surface area contributed by atoms with Crippen molar-refractivity contribution in [1.29, 1.82) is 0 Å². The second-order valence-electron chi connectivity index (χ2n) is 6.38. The molecule has 1 aromatic heterocycles. The van der Waals surface area contributed by atoms with E-state index in [0.29, 0.717) is 12.1 Å². The third-order valence-corrected chi connectivity index (χ3v) is 3.73. The fourth-order valence-corrected chi connectivity index (χ4v) is 2.46. The number of hydrogen-bond donors (Lipinski definition) is 2. The SMILES string of the molecule is COC(=O)[C@H](CC(C)C)NC(=O)COC(=O)c1cc(-c2ccccc2)n[nH]1. The van der Waals surface area contributed by atoms with Crippen molar-refractivity contribution in [3.05, 3.63) is 42.1 Å². The number of benzene rings is 1. The van der Waals surface area contributed by atoms with E-state index in [9.17, 15) is 14.4 Å². The maximum absolute atomic E-state index is 12.1. The van der Waals surface area contributed by atoms with Gasteiger partial charge >= 0.3 is 11.9 Å². The second-order valence-corrected chi connectivity index (χ2v) is 6.38. The van der Waals surface area contributed by atoms with Crippen molar-refractivity contribution in [3.8, 4) is 11.3 Å². The number of H-pyrrole nitrogens is 1. The average Bonchev–Trinajstić information content (AvgIpc) is 3.15. The number of carbonyl (C=O) groups is 3. The van der Waals surface area contributed by atoms with E-state index in [2.05, 4.69) is 20.3 Å². The van der Waals surface area contributed by atoms with Gasteiger partial charge in [-0.1, -0.05) is 44.2 Å². The number of nitrogens with one attached hydrogen (secondary N) is 2.